The van der Waals surface area contributed by atoms with Crippen LogP contribution in [0.5, 0.6) is 0 Å². The van der Waals surface area contributed by atoms with E-state index in [4.69, 9.17) is 11.6 Å². The first-order valence-electron chi connectivity index (χ1n) is 7.29. The van der Waals surface area contributed by atoms with Crippen LogP contribution in [0.15, 0.2) is 42.7 Å². The molecule has 120 valence electrons. The number of hydrogen-bond acceptors (Lipinski definition) is 3. The van der Waals surface area contributed by atoms with Crippen molar-refractivity contribution in [1.29, 1.82) is 0 Å². The van der Waals surface area contributed by atoms with Gasteiger partial charge >= 0.3 is 6.03 Å². The van der Waals surface area contributed by atoms with E-state index in [1.807, 2.05) is 12.1 Å². The normalized spacial score (nSPS) is 14.7. The van der Waals surface area contributed by atoms with Crippen LogP contribution < -0.4 is 10.2 Å². The van der Waals surface area contributed by atoms with Gasteiger partial charge in [-0.2, -0.15) is 0 Å². The molecule has 23 heavy (non-hydrogen) atoms. The molecule has 1 aromatic carbocycles. The Bertz CT molecular complexity index is 690. The lowest BCUT2D eigenvalue weighted by Gasteiger charge is -2.36. The quantitative estimate of drug-likeness (QED) is 0.917. The van der Waals surface area contributed by atoms with Crippen LogP contribution >= 0.6 is 11.6 Å². The standard InChI is InChI=1S/C16H16ClFN4O/c17-12-1-2-15(14(18)11-12)20-16(23)22-9-7-21(8-10-22)13-3-5-19-6-4-13/h1-6,11H,7-10H2,(H,20,23). The number of rotatable bonds is 2. The summed E-state index contributed by atoms with van der Waals surface area (Å²) in [6, 6.07) is 7.77. The Kier molecular flexibility index (Phi) is 4.62. The van der Waals surface area contributed by atoms with E-state index in [-0.39, 0.29) is 11.7 Å². The van der Waals surface area contributed by atoms with Crippen molar-refractivity contribution in [1.82, 2.24) is 9.88 Å². The van der Waals surface area contributed by atoms with E-state index >= 15 is 0 Å². The van der Waals surface area contributed by atoms with Crippen LogP contribution in [0.2, 0.25) is 5.02 Å². The second-order valence-electron chi connectivity index (χ2n) is 5.23. The van der Waals surface area contributed by atoms with Gasteiger partial charge in [-0.1, -0.05) is 11.6 Å². The molecule has 0 radical (unpaired) electrons. The number of nitrogens with zero attached hydrogens (tertiary/aromatic N) is 3. The Morgan fingerprint density at radius 3 is 2.48 bits per heavy atom. The van der Waals surface area contributed by atoms with E-state index in [2.05, 4.69) is 15.2 Å². The molecule has 1 fully saturated rings. The Morgan fingerprint density at radius 1 is 1.13 bits per heavy atom. The summed E-state index contributed by atoms with van der Waals surface area (Å²) in [5.74, 6) is -0.540. The van der Waals surface area contributed by atoms with Crippen LogP contribution in [0.25, 0.3) is 0 Å². The lowest BCUT2D eigenvalue weighted by Crippen LogP contribution is -2.50. The summed E-state index contributed by atoms with van der Waals surface area (Å²) in [5.41, 5.74) is 1.22. The summed E-state index contributed by atoms with van der Waals surface area (Å²) in [5, 5.41) is 2.88. The maximum absolute atomic E-state index is 13.7. The number of nitrogens with one attached hydrogen (secondary N) is 1. The van der Waals surface area contributed by atoms with Crippen LogP contribution in [0.4, 0.5) is 20.6 Å². The first-order chi connectivity index (χ1) is 11.1. The van der Waals surface area contributed by atoms with Gasteiger partial charge in [-0.15, -0.1) is 0 Å². The fourth-order valence-electron chi connectivity index (χ4n) is 2.51. The van der Waals surface area contributed by atoms with E-state index in [9.17, 15) is 9.18 Å². The summed E-state index contributed by atoms with van der Waals surface area (Å²) >= 11 is 5.70. The van der Waals surface area contributed by atoms with E-state index in [1.165, 1.54) is 12.1 Å². The number of anilines is 2. The molecule has 0 unspecified atom stereocenters. The first-order valence-corrected chi connectivity index (χ1v) is 7.67. The maximum Gasteiger partial charge on any atom is 0.322 e. The van der Waals surface area contributed by atoms with Crippen LogP contribution in [-0.2, 0) is 0 Å². The molecule has 0 spiro atoms. The van der Waals surface area contributed by atoms with E-state index in [1.54, 1.807) is 23.4 Å². The fraction of sp³-hybridized carbons (Fsp3) is 0.250. The summed E-state index contributed by atoms with van der Waals surface area (Å²) in [6.45, 7) is 2.59. The van der Waals surface area contributed by atoms with Gasteiger partial charge in [0, 0.05) is 49.3 Å². The average Bonchev–Trinajstić information content (AvgIpc) is 2.58. The van der Waals surface area contributed by atoms with Crippen molar-refractivity contribution in [2.24, 2.45) is 0 Å². The molecule has 2 aromatic rings. The zero-order chi connectivity index (χ0) is 16.2. The van der Waals surface area contributed by atoms with Gasteiger partial charge in [-0.25, -0.2) is 9.18 Å². The first kappa shape index (κ1) is 15.6. The van der Waals surface area contributed by atoms with Gasteiger partial charge in [0.25, 0.3) is 0 Å². The van der Waals surface area contributed by atoms with Crippen molar-refractivity contribution >= 4 is 29.0 Å². The number of urea groups is 1. The van der Waals surface area contributed by atoms with Gasteiger partial charge in [0.1, 0.15) is 5.82 Å². The minimum absolute atomic E-state index is 0.135. The topological polar surface area (TPSA) is 48.5 Å². The molecule has 0 aliphatic carbocycles. The smallest absolute Gasteiger partial charge is 0.322 e. The molecule has 0 atom stereocenters. The number of carbonyl (C=O) groups excluding carboxylic acids is 1. The molecular formula is C16H16ClFN4O. The van der Waals surface area contributed by atoms with Gasteiger partial charge < -0.3 is 15.1 Å². The van der Waals surface area contributed by atoms with Gasteiger partial charge in [0.15, 0.2) is 0 Å². The lowest BCUT2D eigenvalue weighted by molar-refractivity contribution is 0.208. The molecule has 5 nitrogen and oxygen atoms in total. The van der Waals surface area contributed by atoms with Crippen molar-refractivity contribution in [3.8, 4) is 0 Å². The second kappa shape index (κ2) is 6.83. The predicted molar refractivity (Wildman–Crippen MR) is 88.5 cm³/mol. The highest BCUT2D eigenvalue weighted by molar-refractivity contribution is 6.30. The molecule has 7 heteroatoms. The molecule has 2 amide bonds. The summed E-state index contributed by atoms with van der Waals surface area (Å²) in [4.78, 5) is 20.1. The lowest BCUT2D eigenvalue weighted by atomic mass is 10.2. The van der Waals surface area contributed by atoms with Gasteiger partial charge in [0.05, 0.1) is 5.69 Å². The molecule has 0 saturated carbocycles. The number of pyridine rings is 1. The van der Waals surface area contributed by atoms with Crippen molar-refractivity contribution < 1.29 is 9.18 Å². The van der Waals surface area contributed by atoms with Crippen molar-refractivity contribution in [3.05, 3.63) is 53.6 Å². The Hall–Kier alpha value is -2.34. The molecule has 1 saturated heterocycles. The molecule has 1 aliphatic rings. The van der Waals surface area contributed by atoms with Crippen LogP contribution in [-0.4, -0.2) is 42.1 Å². The highest BCUT2D eigenvalue weighted by Crippen LogP contribution is 2.20. The van der Waals surface area contributed by atoms with Crippen molar-refractivity contribution in [2.75, 3.05) is 36.4 Å². The summed E-state index contributed by atoms with van der Waals surface area (Å²) < 4.78 is 13.7. The van der Waals surface area contributed by atoms with Crippen LogP contribution in [0, 0.1) is 5.82 Å². The Labute approximate surface area is 138 Å². The predicted octanol–water partition coefficient (Wildman–Crippen LogP) is 3.23. The minimum atomic E-state index is -0.540. The molecule has 1 N–H and O–H groups in total. The van der Waals surface area contributed by atoms with Gasteiger partial charge in [-0.05, 0) is 30.3 Å². The fourth-order valence-corrected chi connectivity index (χ4v) is 2.67. The largest absolute Gasteiger partial charge is 0.368 e. The van der Waals surface area contributed by atoms with Crippen molar-refractivity contribution in [3.63, 3.8) is 0 Å². The van der Waals surface area contributed by atoms with E-state index < -0.39 is 5.82 Å². The summed E-state index contributed by atoms with van der Waals surface area (Å²) in [7, 11) is 0. The van der Waals surface area contributed by atoms with Gasteiger partial charge in [-0.3, -0.25) is 4.98 Å². The molecule has 3 rings (SSSR count). The molecule has 1 aliphatic heterocycles. The number of benzene rings is 1. The third kappa shape index (κ3) is 3.71. The Balaban J connectivity index is 1.58. The Morgan fingerprint density at radius 2 is 1.83 bits per heavy atom. The maximum atomic E-state index is 13.7. The van der Waals surface area contributed by atoms with Crippen LogP contribution in [0.3, 0.4) is 0 Å². The average molecular weight is 335 g/mol. The number of amides is 2. The molecule has 0 bridgehead atoms. The van der Waals surface area contributed by atoms with E-state index in [0.29, 0.717) is 18.1 Å². The highest BCUT2D eigenvalue weighted by atomic mass is 35.5. The number of piperazine rings is 1. The molecule has 2 heterocycles. The number of carbonyl (C=O) groups is 1. The SMILES string of the molecule is O=C(Nc1ccc(Cl)cc1F)N1CCN(c2ccncc2)CC1. The monoisotopic (exact) mass is 334 g/mol. The molecule has 1 aromatic heterocycles. The number of halogens is 2. The minimum Gasteiger partial charge on any atom is -0.368 e. The third-order valence-corrected chi connectivity index (χ3v) is 4.00. The zero-order valence-electron chi connectivity index (χ0n) is 12.4. The third-order valence-electron chi connectivity index (χ3n) is 3.77. The van der Waals surface area contributed by atoms with Crippen molar-refractivity contribution in [2.45, 2.75) is 0 Å². The highest BCUT2D eigenvalue weighted by Gasteiger charge is 2.22. The number of hydrogen-bond donors (Lipinski definition) is 1. The summed E-state index contributed by atoms with van der Waals surface area (Å²) in [6.07, 6.45) is 3.50. The zero-order valence-corrected chi connectivity index (χ0v) is 13.1. The van der Waals surface area contributed by atoms with Gasteiger partial charge in [0.2, 0.25) is 0 Å². The molecular weight excluding hydrogens is 319 g/mol. The number of aromatic nitrogens is 1. The van der Waals surface area contributed by atoms with E-state index in [0.717, 1.165) is 18.8 Å². The second-order valence-corrected chi connectivity index (χ2v) is 5.67. The van der Waals surface area contributed by atoms with Crippen LogP contribution in [0.1, 0.15) is 0 Å².